The Hall–Kier alpha value is -1.39. The van der Waals surface area contributed by atoms with Crippen LogP contribution in [0.2, 0.25) is 5.02 Å². The number of rotatable bonds is 7. The third kappa shape index (κ3) is 4.05. The molecule has 0 saturated carbocycles. The molecule has 0 aliphatic carbocycles. The summed E-state index contributed by atoms with van der Waals surface area (Å²) in [6, 6.07) is 7.28. The number of Topliss-reactive ketones (excluding diaryl/α,β-unsaturated/α-hetero) is 1. The van der Waals surface area contributed by atoms with Crippen LogP contribution in [-0.4, -0.2) is 17.2 Å². The van der Waals surface area contributed by atoms with Crippen LogP contribution in [0.4, 0.5) is 0 Å². The van der Waals surface area contributed by atoms with Crippen LogP contribution in [0.3, 0.4) is 0 Å². The quantitative estimate of drug-likeness (QED) is 0.755. The van der Waals surface area contributed by atoms with E-state index in [1.54, 1.807) is 6.07 Å². The summed E-state index contributed by atoms with van der Waals surface area (Å²) in [4.78, 5) is 23.8. The van der Waals surface area contributed by atoms with E-state index in [1.807, 2.05) is 32.0 Å². The molecule has 1 atom stereocenters. The van der Waals surface area contributed by atoms with Crippen LogP contribution in [0.1, 0.15) is 32.3 Å². The lowest BCUT2D eigenvalue weighted by molar-refractivity contribution is -0.134. The molecule has 5 heteroatoms. The molecule has 1 rings (SSSR count). The summed E-state index contributed by atoms with van der Waals surface area (Å²) in [5.41, 5.74) is 10.5. The van der Waals surface area contributed by atoms with Crippen LogP contribution in [0.15, 0.2) is 24.3 Å². The Kier molecular flexibility index (Phi) is 5.72. The molecule has 0 radical (unpaired) electrons. The highest BCUT2D eigenvalue weighted by Gasteiger charge is 2.39. The molecule has 0 fully saturated rings. The van der Waals surface area contributed by atoms with Crippen molar-refractivity contribution in [2.45, 2.75) is 38.6 Å². The Labute approximate surface area is 124 Å². The van der Waals surface area contributed by atoms with Crippen molar-refractivity contribution in [3.05, 3.63) is 34.9 Å². The molecular weight excluding hydrogens is 276 g/mol. The van der Waals surface area contributed by atoms with Gasteiger partial charge in [-0.3, -0.25) is 9.59 Å². The van der Waals surface area contributed by atoms with Crippen LogP contribution < -0.4 is 11.5 Å². The number of hydrogen-bond acceptors (Lipinski definition) is 3. The van der Waals surface area contributed by atoms with Crippen molar-refractivity contribution in [3.63, 3.8) is 0 Å². The SMILES string of the molecule is CC(C)C[C@](N)(C(N)=O)C(=O)CCc1ccccc1Cl. The number of nitrogens with two attached hydrogens (primary N) is 2. The van der Waals surface area contributed by atoms with E-state index in [-0.39, 0.29) is 24.5 Å². The van der Waals surface area contributed by atoms with Crippen molar-refractivity contribution in [1.82, 2.24) is 0 Å². The zero-order valence-corrected chi connectivity index (χ0v) is 12.6. The Bertz CT molecular complexity index is 502. The zero-order chi connectivity index (χ0) is 15.3. The number of hydrogen-bond donors (Lipinski definition) is 2. The maximum Gasteiger partial charge on any atom is 0.245 e. The average molecular weight is 297 g/mol. The summed E-state index contributed by atoms with van der Waals surface area (Å²) in [6.45, 7) is 3.79. The minimum Gasteiger partial charge on any atom is -0.368 e. The number of carbonyl (C=O) groups excluding carboxylic acids is 2. The van der Waals surface area contributed by atoms with E-state index in [1.165, 1.54) is 0 Å². The molecule has 0 unspecified atom stereocenters. The van der Waals surface area contributed by atoms with E-state index in [0.717, 1.165) is 5.56 Å². The summed E-state index contributed by atoms with van der Waals surface area (Å²) in [5, 5.41) is 0.603. The second-order valence-corrected chi connectivity index (χ2v) is 5.86. The fraction of sp³-hybridized carbons (Fsp3) is 0.467. The van der Waals surface area contributed by atoms with Gasteiger partial charge in [-0.15, -0.1) is 0 Å². The van der Waals surface area contributed by atoms with Crippen molar-refractivity contribution in [2.75, 3.05) is 0 Å². The largest absolute Gasteiger partial charge is 0.368 e. The zero-order valence-electron chi connectivity index (χ0n) is 11.9. The second-order valence-electron chi connectivity index (χ2n) is 5.45. The van der Waals surface area contributed by atoms with E-state index in [0.29, 0.717) is 11.4 Å². The monoisotopic (exact) mass is 296 g/mol. The summed E-state index contributed by atoms with van der Waals surface area (Å²) in [7, 11) is 0. The molecule has 0 saturated heterocycles. The summed E-state index contributed by atoms with van der Waals surface area (Å²) in [6.07, 6.45) is 0.850. The number of amides is 1. The summed E-state index contributed by atoms with van der Waals surface area (Å²) >= 11 is 6.03. The van der Waals surface area contributed by atoms with Gasteiger partial charge >= 0.3 is 0 Å². The Morgan fingerprint density at radius 3 is 2.40 bits per heavy atom. The van der Waals surface area contributed by atoms with Crippen molar-refractivity contribution < 1.29 is 9.59 Å². The molecule has 4 N–H and O–H groups in total. The van der Waals surface area contributed by atoms with Gasteiger partial charge < -0.3 is 11.5 Å². The number of carbonyl (C=O) groups is 2. The van der Waals surface area contributed by atoms with Crippen LogP contribution in [-0.2, 0) is 16.0 Å². The highest BCUT2D eigenvalue weighted by Crippen LogP contribution is 2.21. The summed E-state index contributed by atoms with van der Waals surface area (Å²) < 4.78 is 0. The van der Waals surface area contributed by atoms with Crippen LogP contribution in [0.25, 0.3) is 0 Å². The maximum absolute atomic E-state index is 12.3. The van der Waals surface area contributed by atoms with Crippen LogP contribution in [0, 0.1) is 5.92 Å². The molecule has 1 amide bonds. The van der Waals surface area contributed by atoms with Gasteiger partial charge in [0, 0.05) is 11.4 Å². The molecular formula is C15H21ClN2O2. The van der Waals surface area contributed by atoms with Gasteiger partial charge in [-0.1, -0.05) is 43.6 Å². The van der Waals surface area contributed by atoms with Gasteiger partial charge in [-0.05, 0) is 30.4 Å². The second kappa shape index (κ2) is 6.86. The van der Waals surface area contributed by atoms with Gasteiger partial charge in [-0.25, -0.2) is 0 Å². The fourth-order valence-corrected chi connectivity index (χ4v) is 2.40. The first-order valence-corrected chi connectivity index (χ1v) is 7.00. The molecule has 0 spiro atoms. The van der Waals surface area contributed by atoms with Gasteiger partial charge in [0.15, 0.2) is 11.3 Å². The Morgan fingerprint density at radius 2 is 1.90 bits per heavy atom. The van der Waals surface area contributed by atoms with Gasteiger partial charge in [-0.2, -0.15) is 0 Å². The Balaban J connectivity index is 2.78. The molecule has 0 aliphatic heterocycles. The predicted molar refractivity (Wildman–Crippen MR) is 80.3 cm³/mol. The fourth-order valence-electron chi connectivity index (χ4n) is 2.17. The lowest BCUT2D eigenvalue weighted by Gasteiger charge is -2.26. The Morgan fingerprint density at radius 1 is 1.30 bits per heavy atom. The number of benzene rings is 1. The first-order chi connectivity index (χ1) is 9.27. The third-order valence-electron chi connectivity index (χ3n) is 3.25. The molecule has 1 aromatic rings. The molecule has 0 heterocycles. The summed E-state index contributed by atoms with van der Waals surface area (Å²) in [5.74, 6) is -0.995. The molecule has 0 aliphatic rings. The standard InChI is InChI=1S/C15H21ClN2O2/c1-10(2)9-15(18,14(17)20)13(19)8-7-11-5-3-4-6-12(11)16/h3-6,10H,7-9,18H2,1-2H3,(H2,17,20)/t15-/m1/s1. The molecule has 4 nitrogen and oxygen atoms in total. The van der Waals surface area contributed by atoms with E-state index < -0.39 is 11.4 Å². The van der Waals surface area contributed by atoms with Crippen LogP contribution in [0.5, 0.6) is 0 Å². The van der Waals surface area contributed by atoms with E-state index in [4.69, 9.17) is 23.1 Å². The van der Waals surface area contributed by atoms with E-state index >= 15 is 0 Å². The van der Waals surface area contributed by atoms with Gasteiger partial charge in [0.2, 0.25) is 5.91 Å². The minimum absolute atomic E-state index is 0.108. The van der Waals surface area contributed by atoms with Crippen molar-refractivity contribution in [3.8, 4) is 0 Å². The normalized spacial score (nSPS) is 14.1. The molecule has 1 aromatic carbocycles. The molecule has 110 valence electrons. The smallest absolute Gasteiger partial charge is 0.245 e. The molecule has 20 heavy (non-hydrogen) atoms. The third-order valence-corrected chi connectivity index (χ3v) is 3.62. The average Bonchev–Trinajstić information content (AvgIpc) is 2.36. The van der Waals surface area contributed by atoms with E-state index in [9.17, 15) is 9.59 Å². The van der Waals surface area contributed by atoms with Crippen LogP contribution >= 0.6 is 11.6 Å². The van der Waals surface area contributed by atoms with Crippen molar-refractivity contribution >= 4 is 23.3 Å². The van der Waals surface area contributed by atoms with Gasteiger partial charge in [0.05, 0.1) is 0 Å². The number of halogens is 1. The number of primary amides is 1. The highest BCUT2D eigenvalue weighted by molar-refractivity contribution is 6.31. The van der Waals surface area contributed by atoms with Gasteiger partial charge in [0.1, 0.15) is 0 Å². The number of ketones is 1. The number of aryl methyl sites for hydroxylation is 1. The highest BCUT2D eigenvalue weighted by atomic mass is 35.5. The van der Waals surface area contributed by atoms with Crippen molar-refractivity contribution in [2.24, 2.45) is 17.4 Å². The molecule has 0 bridgehead atoms. The predicted octanol–water partition coefficient (Wildman–Crippen LogP) is 2.07. The van der Waals surface area contributed by atoms with Gasteiger partial charge in [0.25, 0.3) is 0 Å². The first kappa shape index (κ1) is 16.7. The topological polar surface area (TPSA) is 86.2 Å². The van der Waals surface area contributed by atoms with E-state index in [2.05, 4.69) is 0 Å². The maximum atomic E-state index is 12.3. The van der Waals surface area contributed by atoms with Crippen molar-refractivity contribution in [1.29, 1.82) is 0 Å². The minimum atomic E-state index is -1.59. The lowest BCUT2D eigenvalue weighted by Crippen LogP contribution is -2.58. The molecule has 0 aromatic heterocycles. The lowest BCUT2D eigenvalue weighted by atomic mass is 9.83. The first-order valence-electron chi connectivity index (χ1n) is 6.63.